The number of aldehydes is 1. The molecule has 0 atom stereocenters. The normalized spacial score (nSPS) is 10.8. The van der Waals surface area contributed by atoms with Gasteiger partial charge in [0.1, 0.15) is 5.58 Å². The van der Waals surface area contributed by atoms with Crippen LogP contribution in [-0.4, -0.2) is 26.9 Å². The number of hydrogen-bond donors (Lipinski definition) is 1. The van der Waals surface area contributed by atoms with Crippen molar-refractivity contribution >= 4 is 17.3 Å². The summed E-state index contributed by atoms with van der Waals surface area (Å²) in [7, 11) is 0. The van der Waals surface area contributed by atoms with Crippen molar-refractivity contribution in [2.75, 3.05) is 0 Å². The summed E-state index contributed by atoms with van der Waals surface area (Å²) in [6.07, 6.45) is 2.28. The van der Waals surface area contributed by atoms with Crippen LogP contribution in [0.2, 0.25) is 0 Å². The number of aromatic nitrogens is 4. The molecule has 0 bridgehead atoms. The minimum Gasteiger partial charge on any atom is -0.464 e. The lowest BCUT2D eigenvalue weighted by Gasteiger charge is -1.97. The maximum atomic E-state index is 10.9. The zero-order chi connectivity index (χ0) is 11.0. The number of tetrazole rings is 1. The van der Waals surface area contributed by atoms with E-state index in [0.717, 1.165) is 17.2 Å². The van der Waals surface area contributed by atoms with Gasteiger partial charge in [0.2, 0.25) is 5.82 Å². The SMILES string of the molecule is O=Cc1cc(-c2nn[nH]n2)cc2ccoc12. The second-order valence-corrected chi connectivity index (χ2v) is 3.26. The number of aromatic amines is 1. The molecule has 3 aromatic rings. The number of carbonyl (C=O) groups excluding carboxylic acids is 1. The summed E-state index contributed by atoms with van der Waals surface area (Å²) >= 11 is 0. The molecule has 1 N–H and O–H groups in total. The Bertz CT molecular complexity index is 642. The summed E-state index contributed by atoms with van der Waals surface area (Å²) in [5, 5.41) is 14.4. The van der Waals surface area contributed by atoms with Gasteiger partial charge in [-0.25, -0.2) is 0 Å². The third-order valence-corrected chi connectivity index (χ3v) is 2.31. The molecule has 1 aromatic carbocycles. The van der Waals surface area contributed by atoms with Crippen molar-refractivity contribution < 1.29 is 9.21 Å². The van der Waals surface area contributed by atoms with Gasteiger partial charge in [-0.05, 0) is 23.4 Å². The Kier molecular flexibility index (Phi) is 1.79. The summed E-state index contributed by atoms with van der Waals surface area (Å²) in [6.45, 7) is 0. The highest BCUT2D eigenvalue weighted by atomic mass is 16.3. The predicted molar refractivity (Wildman–Crippen MR) is 54.8 cm³/mol. The second kappa shape index (κ2) is 3.27. The van der Waals surface area contributed by atoms with Crippen LogP contribution < -0.4 is 0 Å². The van der Waals surface area contributed by atoms with Gasteiger partial charge in [-0.1, -0.05) is 0 Å². The van der Waals surface area contributed by atoms with Crippen molar-refractivity contribution in [3.05, 3.63) is 30.0 Å². The van der Waals surface area contributed by atoms with Gasteiger partial charge in [0.25, 0.3) is 0 Å². The molecule has 78 valence electrons. The van der Waals surface area contributed by atoms with Crippen LogP contribution in [0.5, 0.6) is 0 Å². The van der Waals surface area contributed by atoms with Crippen LogP contribution in [0, 0.1) is 0 Å². The molecule has 2 aromatic heterocycles. The molecule has 0 fully saturated rings. The minimum absolute atomic E-state index is 0.450. The van der Waals surface area contributed by atoms with Crippen molar-refractivity contribution in [1.29, 1.82) is 0 Å². The molecule has 3 rings (SSSR count). The monoisotopic (exact) mass is 214 g/mol. The number of rotatable bonds is 2. The van der Waals surface area contributed by atoms with Crippen molar-refractivity contribution in [1.82, 2.24) is 20.6 Å². The van der Waals surface area contributed by atoms with E-state index in [2.05, 4.69) is 20.6 Å². The standard InChI is InChI=1S/C10H6N4O2/c15-5-8-4-7(10-11-13-14-12-10)3-6-1-2-16-9(6)8/h1-5H,(H,11,12,13,14). The van der Waals surface area contributed by atoms with Gasteiger partial charge in [-0.15, -0.1) is 10.2 Å². The summed E-state index contributed by atoms with van der Waals surface area (Å²) in [5.74, 6) is 0.450. The van der Waals surface area contributed by atoms with Crippen LogP contribution in [0.15, 0.2) is 28.9 Å². The Morgan fingerprint density at radius 2 is 2.31 bits per heavy atom. The highest BCUT2D eigenvalue weighted by Crippen LogP contribution is 2.25. The van der Waals surface area contributed by atoms with Crippen LogP contribution in [0.1, 0.15) is 10.4 Å². The maximum absolute atomic E-state index is 10.9. The number of furan rings is 1. The molecule has 0 unspecified atom stereocenters. The van der Waals surface area contributed by atoms with E-state index in [1.807, 2.05) is 6.07 Å². The summed E-state index contributed by atoms with van der Waals surface area (Å²) < 4.78 is 5.22. The van der Waals surface area contributed by atoms with Crippen molar-refractivity contribution in [3.63, 3.8) is 0 Å². The Hall–Kier alpha value is -2.50. The first-order chi connectivity index (χ1) is 7.88. The van der Waals surface area contributed by atoms with Gasteiger partial charge >= 0.3 is 0 Å². The number of fused-ring (bicyclic) bond motifs is 1. The predicted octanol–water partition coefficient (Wildman–Crippen LogP) is 1.43. The molecule has 0 saturated carbocycles. The average molecular weight is 214 g/mol. The van der Waals surface area contributed by atoms with E-state index in [-0.39, 0.29) is 0 Å². The zero-order valence-corrected chi connectivity index (χ0v) is 8.04. The fraction of sp³-hybridized carbons (Fsp3) is 0. The Morgan fingerprint density at radius 1 is 1.38 bits per heavy atom. The lowest BCUT2D eigenvalue weighted by Crippen LogP contribution is -1.86. The first-order valence-corrected chi connectivity index (χ1v) is 4.59. The number of hydrogen-bond acceptors (Lipinski definition) is 5. The smallest absolute Gasteiger partial charge is 0.204 e. The van der Waals surface area contributed by atoms with E-state index < -0.39 is 0 Å². The lowest BCUT2D eigenvalue weighted by atomic mass is 10.1. The van der Waals surface area contributed by atoms with Crippen molar-refractivity contribution in [2.45, 2.75) is 0 Å². The van der Waals surface area contributed by atoms with Gasteiger partial charge in [-0.3, -0.25) is 4.79 Å². The van der Waals surface area contributed by atoms with Gasteiger partial charge in [0, 0.05) is 10.9 Å². The molecule has 6 nitrogen and oxygen atoms in total. The second-order valence-electron chi connectivity index (χ2n) is 3.26. The molecule has 0 saturated heterocycles. The number of carbonyl (C=O) groups is 1. The molecule has 0 aliphatic rings. The summed E-state index contributed by atoms with van der Waals surface area (Å²) in [5.41, 5.74) is 1.77. The molecule has 2 heterocycles. The molecular formula is C10H6N4O2. The first kappa shape index (κ1) is 8.78. The maximum Gasteiger partial charge on any atom is 0.204 e. The van der Waals surface area contributed by atoms with Gasteiger partial charge in [0.15, 0.2) is 6.29 Å². The summed E-state index contributed by atoms with van der Waals surface area (Å²) in [4.78, 5) is 10.9. The van der Waals surface area contributed by atoms with Crippen LogP contribution in [-0.2, 0) is 0 Å². The number of H-pyrrole nitrogens is 1. The Morgan fingerprint density at radius 3 is 3.06 bits per heavy atom. The van der Waals surface area contributed by atoms with Gasteiger partial charge in [0.05, 0.1) is 11.8 Å². The quantitative estimate of drug-likeness (QED) is 0.652. The average Bonchev–Trinajstić information content (AvgIpc) is 2.97. The summed E-state index contributed by atoms with van der Waals surface area (Å²) in [6, 6.07) is 5.30. The Labute approximate surface area is 89.3 Å². The minimum atomic E-state index is 0.450. The topological polar surface area (TPSA) is 84.7 Å². The third-order valence-electron chi connectivity index (χ3n) is 2.31. The zero-order valence-electron chi connectivity index (χ0n) is 8.04. The molecule has 6 heteroatoms. The van der Waals surface area contributed by atoms with Crippen LogP contribution in [0.3, 0.4) is 0 Å². The number of nitrogens with one attached hydrogen (secondary N) is 1. The van der Waals surface area contributed by atoms with E-state index in [1.165, 1.54) is 6.26 Å². The molecule has 0 aliphatic heterocycles. The van der Waals surface area contributed by atoms with E-state index >= 15 is 0 Å². The number of benzene rings is 1. The lowest BCUT2D eigenvalue weighted by molar-refractivity contribution is 0.112. The van der Waals surface area contributed by atoms with E-state index in [0.29, 0.717) is 17.0 Å². The van der Waals surface area contributed by atoms with Crippen molar-refractivity contribution in [3.8, 4) is 11.4 Å². The molecule has 0 aliphatic carbocycles. The first-order valence-electron chi connectivity index (χ1n) is 4.59. The Balaban J connectivity index is 2.31. The van der Waals surface area contributed by atoms with Gasteiger partial charge in [-0.2, -0.15) is 5.21 Å². The van der Waals surface area contributed by atoms with Crippen LogP contribution in [0.4, 0.5) is 0 Å². The van der Waals surface area contributed by atoms with E-state index in [1.54, 1.807) is 12.1 Å². The highest BCUT2D eigenvalue weighted by molar-refractivity contribution is 5.97. The van der Waals surface area contributed by atoms with Crippen LogP contribution in [0.25, 0.3) is 22.4 Å². The third kappa shape index (κ3) is 1.20. The molecule has 0 amide bonds. The largest absolute Gasteiger partial charge is 0.464 e. The fourth-order valence-electron chi connectivity index (χ4n) is 1.61. The highest BCUT2D eigenvalue weighted by Gasteiger charge is 2.10. The fourth-order valence-corrected chi connectivity index (χ4v) is 1.61. The van der Waals surface area contributed by atoms with Crippen molar-refractivity contribution in [2.24, 2.45) is 0 Å². The molecular weight excluding hydrogens is 208 g/mol. The molecule has 0 radical (unpaired) electrons. The number of nitrogens with zero attached hydrogens (tertiary/aromatic N) is 3. The van der Waals surface area contributed by atoms with Gasteiger partial charge < -0.3 is 4.42 Å². The molecule has 0 spiro atoms. The van der Waals surface area contributed by atoms with Crippen LogP contribution >= 0.6 is 0 Å². The molecule has 16 heavy (non-hydrogen) atoms. The van der Waals surface area contributed by atoms with E-state index in [9.17, 15) is 4.79 Å². The van der Waals surface area contributed by atoms with E-state index in [4.69, 9.17) is 4.42 Å².